The zero-order valence-electron chi connectivity index (χ0n) is 16.9. The lowest BCUT2D eigenvalue weighted by Crippen LogP contribution is -3.15. The van der Waals surface area contributed by atoms with Gasteiger partial charge in [-0.25, -0.2) is 4.79 Å². The molecule has 7 nitrogen and oxygen atoms in total. The molecule has 7 heteroatoms. The second-order valence-electron chi connectivity index (χ2n) is 6.93. The maximum Gasteiger partial charge on any atom is 0.337 e. The fourth-order valence-corrected chi connectivity index (χ4v) is 3.48. The Balaban J connectivity index is 1.49. The van der Waals surface area contributed by atoms with E-state index in [4.69, 9.17) is 4.74 Å². The van der Waals surface area contributed by atoms with E-state index in [9.17, 15) is 9.59 Å². The van der Waals surface area contributed by atoms with Gasteiger partial charge >= 0.3 is 5.97 Å². The van der Waals surface area contributed by atoms with Gasteiger partial charge in [0.2, 0.25) is 0 Å². The number of carbonyl (C=O) groups excluding carboxylic acids is 2. The molecule has 0 radical (unpaired) electrons. The molecule has 2 aromatic rings. The van der Waals surface area contributed by atoms with Crippen LogP contribution in [0.2, 0.25) is 0 Å². The maximum absolute atomic E-state index is 12.4. The number of nitrogens with zero attached hydrogens (tertiary/aromatic N) is 1. The zero-order valence-corrected chi connectivity index (χ0v) is 16.9. The van der Waals surface area contributed by atoms with E-state index < -0.39 is 5.97 Å². The van der Waals surface area contributed by atoms with Gasteiger partial charge in [-0.15, -0.1) is 0 Å². The van der Waals surface area contributed by atoms with E-state index in [2.05, 4.69) is 21.0 Å². The summed E-state index contributed by atoms with van der Waals surface area (Å²) >= 11 is 0. The third kappa shape index (κ3) is 5.48. The van der Waals surface area contributed by atoms with Crippen LogP contribution >= 0.6 is 0 Å². The first-order valence-electron chi connectivity index (χ1n) is 9.89. The average Bonchev–Trinajstić information content (AvgIpc) is 2.75. The van der Waals surface area contributed by atoms with Gasteiger partial charge in [-0.1, -0.05) is 12.1 Å². The molecule has 0 atom stereocenters. The van der Waals surface area contributed by atoms with Gasteiger partial charge in [0.25, 0.3) is 5.91 Å². The summed E-state index contributed by atoms with van der Waals surface area (Å²) in [7, 11) is 1.34. The molecule has 1 aliphatic rings. The van der Waals surface area contributed by atoms with Crippen molar-refractivity contribution in [1.29, 1.82) is 0 Å². The number of piperazine rings is 1. The van der Waals surface area contributed by atoms with Crippen LogP contribution in [0, 0.1) is 0 Å². The van der Waals surface area contributed by atoms with Crippen molar-refractivity contribution in [2.45, 2.75) is 6.92 Å². The first kappa shape index (κ1) is 20.7. The molecule has 0 saturated carbocycles. The summed E-state index contributed by atoms with van der Waals surface area (Å²) in [6, 6.07) is 14.8. The molecule has 154 valence electrons. The fourth-order valence-electron chi connectivity index (χ4n) is 3.48. The second-order valence-corrected chi connectivity index (χ2v) is 6.93. The number of nitrogens with one attached hydrogen (secondary N) is 2. The summed E-state index contributed by atoms with van der Waals surface area (Å²) in [5.41, 5.74) is 2.24. The van der Waals surface area contributed by atoms with Gasteiger partial charge < -0.3 is 24.6 Å². The summed E-state index contributed by atoms with van der Waals surface area (Å²) in [4.78, 5) is 27.4. The lowest BCUT2D eigenvalue weighted by Gasteiger charge is -2.34. The molecule has 0 spiro atoms. The number of para-hydroxylation sites is 2. The fraction of sp³-hybridized carbons (Fsp3) is 0.364. The van der Waals surface area contributed by atoms with Gasteiger partial charge in [-0.2, -0.15) is 0 Å². The Bertz CT molecular complexity index is 830. The standard InChI is InChI=1S/C22H27N3O4/c1-3-29-20-7-5-4-6-19(20)25-14-12-24(13-15-25)16-21(26)23-18-10-8-17(9-11-18)22(27)28-2/h4-11H,3,12-16H2,1-2H3,(H,23,26)/p+1. The van der Waals surface area contributed by atoms with E-state index in [1.54, 1.807) is 24.3 Å². The molecular formula is C22H28N3O4+. The number of carbonyl (C=O) groups is 2. The van der Waals surface area contributed by atoms with Crippen LogP contribution in [0.4, 0.5) is 11.4 Å². The lowest BCUT2D eigenvalue weighted by molar-refractivity contribution is -0.892. The second kappa shape index (κ2) is 9.93. The van der Waals surface area contributed by atoms with Crippen LogP contribution < -0.4 is 19.9 Å². The van der Waals surface area contributed by atoms with E-state index in [0.717, 1.165) is 37.6 Å². The minimum Gasteiger partial charge on any atom is -0.492 e. The van der Waals surface area contributed by atoms with Gasteiger partial charge in [0.05, 0.1) is 51.1 Å². The number of quaternary nitrogens is 1. The topological polar surface area (TPSA) is 72.3 Å². The molecule has 1 saturated heterocycles. The molecule has 0 aliphatic carbocycles. The normalized spacial score (nSPS) is 14.3. The van der Waals surface area contributed by atoms with Gasteiger partial charge in [-0.3, -0.25) is 4.79 Å². The van der Waals surface area contributed by atoms with E-state index >= 15 is 0 Å². The van der Waals surface area contributed by atoms with Crippen molar-refractivity contribution in [3.63, 3.8) is 0 Å². The number of hydrogen-bond donors (Lipinski definition) is 2. The molecule has 0 unspecified atom stereocenters. The molecule has 1 heterocycles. The van der Waals surface area contributed by atoms with Crippen LogP contribution in [-0.4, -0.2) is 58.3 Å². The minimum absolute atomic E-state index is 0.0333. The number of ether oxygens (including phenoxy) is 2. The van der Waals surface area contributed by atoms with E-state index in [1.165, 1.54) is 12.0 Å². The molecule has 1 aliphatic heterocycles. The Kier molecular flexibility index (Phi) is 7.08. The van der Waals surface area contributed by atoms with Crippen molar-refractivity contribution < 1.29 is 24.0 Å². The maximum atomic E-state index is 12.4. The highest BCUT2D eigenvalue weighted by Crippen LogP contribution is 2.27. The SMILES string of the molecule is CCOc1ccccc1N1CC[NH+](CC(=O)Nc2ccc(C(=O)OC)cc2)CC1. The van der Waals surface area contributed by atoms with Crippen molar-refractivity contribution in [1.82, 2.24) is 0 Å². The Morgan fingerprint density at radius 1 is 1.07 bits per heavy atom. The van der Waals surface area contributed by atoms with Crippen LogP contribution in [0.1, 0.15) is 17.3 Å². The van der Waals surface area contributed by atoms with Crippen molar-refractivity contribution in [3.05, 3.63) is 54.1 Å². The van der Waals surface area contributed by atoms with Gasteiger partial charge in [-0.05, 0) is 43.3 Å². The molecule has 1 amide bonds. The molecule has 1 fully saturated rings. The Morgan fingerprint density at radius 2 is 1.76 bits per heavy atom. The number of esters is 1. The summed E-state index contributed by atoms with van der Waals surface area (Å²) in [5.74, 6) is 0.483. The molecule has 29 heavy (non-hydrogen) atoms. The summed E-state index contributed by atoms with van der Waals surface area (Å²) in [6.45, 7) is 6.56. The summed E-state index contributed by atoms with van der Waals surface area (Å²) in [6.07, 6.45) is 0. The summed E-state index contributed by atoms with van der Waals surface area (Å²) in [5, 5.41) is 2.90. The van der Waals surface area contributed by atoms with Crippen molar-refractivity contribution in [2.24, 2.45) is 0 Å². The molecule has 0 aromatic heterocycles. The highest BCUT2D eigenvalue weighted by molar-refractivity contribution is 5.93. The highest BCUT2D eigenvalue weighted by atomic mass is 16.5. The molecule has 0 bridgehead atoms. The highest BCUT2D eigenvalue weighted by Gasteiger charge is 2.24. The molecular weight excluding hydrogens is 370 g/mol. The largest absolute Gasteiger partial charge is 0.492 e. The number of hydrogen-bond acceptors (Lipinski definition) is 5. The van der Waals surface area contributed by atoms with Crippen LogP contribution in [0.5, 0.6) is 5.75 Å². The van der Waals surface area contributed by atoms with E-state index in [-0.39, 0.29) is 5.91 Å². The molecule has 2 aromatic carbocycles. The number of methoxy groups -OCH3 is 1. The Morgan fingerprint density at radius 3 is 2.41 bits per heavy atom. The van der Waals surface area contributed by atoms with E-state index in [0.29, 0.717) is 24.4 Å². The smallest absolute Gasteiger partial charge is 0.337 e. The monoisotopic (exact) mass is 398 g/mol. The van der Waals surface area contributed by atoms with Gasteiger partial charge in [0.1, 0.15) is 5.75 Å². The third-order valence-corrected chi connectivity index (χ3v) is 4.98. The molecule has 3 rings (SSSR count). The average molecular weight is 398 g/mol. The third-order valence-electron chi connectivity index (χ3n) is 4.98. The van der Waals surface area contributed by atoms with Crippen molar-refractivity contribution in [2.75, 3.05) is 56.7 Å². The first-order chi connectivity index (χ1) is 14.1. The lowest BCUT2D eigenvalue weighted by atomic mass is 10.2. The predicted molar refractivity (Wildman–Crippen MR) is 112 cm³/mol. The number of rotatable bonds is 7. The van der Waals surface area contributed by atoms with Crippen LogP contribution in [-0.2, 0) is 9.53 Å². The number of anilines is 2. The van der Waals surface area contributed by atoms with Crippen molar-refractivity contribution >= 4 is 23.3 Å². The quantitative estimate of drug-likeness (QED) is 0.686. The Labute approximate surface area is 171 Å². The van der Waals surface area contributed by atoms with E-state index in [1.807, 2.05) is 25.1 Å². The van der Waals surface area contributed by atoms with Crippen LogP contribution in [0.25, 0.3) is 0 Å². The van der Waals surface area contributed by atoms with Gasteiger partial charge in [0.15, 0.2) is 6.54 Å². The zero-order chi connectivity index (χ0) is 20.6. The first-order valence-corrected chi connectivity index (χ1v) is 9.89. The van der Waals surface area contributed by atoms with Gasteiger partial charge in [0, 0.05) is 5.69 Å². The summed E-state index contributed by atoms with van der Waals surface area (Å²) < 4.78 is 10.4. The van der Waals surface area contributed by atoms with Crippen LogP contribution in [0.15, 0.2) is 48.5 Å². The molecule has 2 N–H and O–H groups in total. The van der Waals surface area contributed by atoms with Crippen molar-refractivity contribution in [3.8, 4) is 5.75 Å². The Hall–Kier alpha value is -3.06. The van der Waals surface area contributed by atoms with Crippen LogP contribution in [0.3, 0.4) is 0 Å². The number of amides is 1. The predicted octanol–water partition coefficient (Wildman–Crippen LogP) is 1.22. The number of benzene rings is 2. The minimum atomic E-state index is -0.392.